The van der Waals surface area contributed by atoms with E-state index in [0.29, 0.717) is 13.1 Å². The molecule has 9 nitrogen and oxygen atoms in total. The lowest BCUT2D eigenvalue weighted by Crippen LogP contribution is -2.42. The van der Waals surface area contributed by atoms with Crippen LogP contribution in [-0.2, 0) is 9.59 Å². The van der Waals surface area contributed by atoms with Crippen molar-refractivity contribution in [2.75, 3.05) is 32.5 Å². The van der Waals surface area contributed by atoms with Gasteiger partial charge in [-0.2, -0.15) is 0 Å². The molecule has 1 aromatic carbocycles. The normalized spacial score (nSPS) is 12.0. The molecular weight excluding hydrogens is 340 g/mol. The van der Waals surface area contributed by atoms with Crippen LogP contribution in [0.1, 0.15) is 6.42 Å². The summed E-state index contributed by atoms with van der Waals surface area (Å²) in [6.07, 6.45) is -0.306. The highest BCUT2D eigenvalue weighted by atomic mass is 35.5. The third-order valence-corrected chi connectivity index (χ3v) is 3.38. The van der Waals surface area contributed by atoms with Crippen LogP contribution in [0.4, 0.5) is 11.4 Å². The van der Waals surface area contributed by atoms with Gasteiger partial charge in [-0.25, -0.2) is 0 Å². The van der Waals surface area contributed by atoms with Crippen LogP contribution in [0, 0.1) is 10.1 Å². The first-order chi connectivity index (χ1) is 11.2. The number of aliphatic carboxylic acids is 1. The molecule has 0 aliphatic rings. The fourth-order valence-electron chi connectivity index (χ4n) is 1.84. The van der Waals surface area contributed by atoms with E-state index in [0.717, 1.165) is 6.07 Å². The second-order valence-electron chi connectivity index (χ2n) is 5.32. The fraction of sp³-hybridized carbons (Fsp3) is 0.429. The van der Waals surface area contributed by atoms with Gasteiger partial charge in [-0.15, -0.1) is 0 Å². The second kappa shape index (κ2) is 9.16. The average Bonchev–Trinajstić information content (AvgIpc) is 2.47. The SMILES string of the molecule is CN(C)CCN[C@@H](CC(=O)Nc1ccc(Cl)c([N+](=O)[O-])c1)C(=O)O. The molecule has 0 radical (unpaired) electrons. The number of nitrogens with one attached hydrogen (secondary N) is 2. The number of nitro benzene ring substituents is 1. The van der Waals surface area contributed by atoms with E-state index in [-0.39, 0.29) is 22.8 Å². The molecule has 10 heteroatoms. The Morgan fingerprint density at radius 1 is 1.42 bits per heavy atom. The van der Waals surface area contributed by atoms with Gasteiger partial charge in [-0.1, -0.05) is 11.6 Å². The number of carboxylic acids is 1. The topological polar surface area (TPSA) is 125 Å². The third kappa shape index (κ3) is 6.49. The van der Waals surface area contributed by atoms with Crippen molar-refractivity contribution < 1.29 is 19.6 Å². The molecule has 24 heavy (non-hydrogen) atoms. The Hall–Kier alpha value is -2.23. The number of benzene rings is 1. The molecule has 0 heterocycles. The highest BCUT2D eigenvalue weighted by Crippen LogP contribution is 2.27. The van der Waals surface area contributed by atoms with Gasteiger partial charge in [0.25, 0.3) is 5.69 Å². The first-order valence-electron chi connectivity index (χ1n) is 7.05. The quantitative estimate of drug-likeness (QED) is 0.447. The predicted octanol–water partition coefficient (Wildman–Crippen LogP) is 1.18. The molecule has 0 bridgehead atoms. The standard InChI is InChI=1S/C14H19ClN4O5/c1-18(2)6-5-16-11(14(21)22)8-13(20)17-9-3-4-10(15)12(7-9)19(23)24/h3-4,7,11,16H,5-6,8H2,1-2H3,(H,17,20)(H,21,22)/t11-/m0/s1. The number of amides is 1. The molecule has 0 saturated heterocycles. The van der Waals surface area contributed by atoms with Gasteiger partial charge in [0, 0.05) is 24.8 Å². The van der Waals surface area contributed by atoms with Crippen LogP contribution < -0.4 is 10.6 Å². The highest BCUT2D eigenvalue weighted by molar-refractivity contribution is 6.32. The number of hydrogen-bond acceptors (Lipinski definition) is 6. The molecule has 132 valence electrons. The highest BCUT2D eigenvalue weighted by Gasteiger charge is 2.21. The first-order valence-corrected chi connectivity index (χ1v) is 7.43. The summed E-state index contributed by atoms with van der Waals surface area (Å²) in [5, 5.41) is 25.1. The van der Waals surface area contributed by atoms with E-state index >= 15 is 0 Å². The zero-order chi connectivity index (χ0) is 18.3. The molecular formula is C14H19ClN4O5. The van der Waals surface area contributed by atoms with Gasteiger partial charge in [0.2, 0.25) is 5.91 Å². The minimum Gasteiger partial charge on any atom is -0.480 e. The van der Waals surface area contributed by atoms with Gasteiger partial charge in [0.1, 0.15) is 11.1 Å². The lowest BCUT2D eigenvalue weighted by atomic mass is 10.2. The minimum atomic E-state index is -1.15. The number of rotatable bonds is 9. The van der Waals surface area contributed by atoms with E-state index in [1.54, 1.807) is 0 Å². The molecule has 1 amide bonds. The van der Waals surface area contributed by atoms with E-state index in [9.17, 15) is 19.7 Å². The van der Waals surface area contributed by atoms with Crippen molar-refractivity contribution in [3.8, 4) is 0 Å². The van der Waals surface area contributed by atoms with E-state index in [1.165, 1.54) is 12.1 Å². The van der Waals surface area contributed by atoms with Crippen LogP contribution in [0.3, 0.4) is 0 Å². The van der Waals surface area contributed by atoms with Gasteiger partial charge < -0.3 is 20.6 Å². The summed E-state index contributed by atoms with van der Waals surface area (Å²) in [5.74, 6) is -1.72. The van der Waals surface area contributed by atoms with Crippen LogP contribution in [0.25, 0.3) is 0 Å². The Balaban J connectivity index is 2.67. The number of nitro groups is 1. The molecule has 1 atom stereocenters. The number of halogens is 1. The van der Waals surface area contributed by atoms with E-state index in [4.69, 9.17) is 16.7 Å². The largest absolute Gasteiger partial charge is 0.480 e. The number of nitrogens with zero attached hydrogens (tertiary/aromatic N) is 2. The first kappa shape index (κ1) is 19.8. The van der Waals surface area contributed by atoms with E-state index in [1.807, 2.05) is 19.0 Å². The van der Waals surface area contributed by atoms with Crippen molar-refractivity contribution in [3.63, 3.8) is 0 Å². The van der Waals surface area contributed by atoms with Crippen LogP contribution >= 0.6 is 11.6 Å². The summed E-state index contributed by atoms with van der Waals surface area (Å²) in [6.45, 7) is 1.03. The molecule has 0 spiro atoms. The molecule has 0 unspecified atom stereocenters. The van der Waals surface area contributed by atoms with Gasteiger partial charge in [-0.3, -0.25) is 19.7 Å². The number of carbonyl (C=O) groups is 2. The maximum absolute atomic E-state index is 12.0. The van der Waals surface area contributed by atoms with E-state index < -0.39 is 22.8 Å². The zero-order valence-corrected chi connectivity index (χ0v) is 14.0. The second-order valence-corrected chi connectivity index (χ2v) is 5.73. The Labute approximate surface area is 143 Å². The lowest BCUT2D eigenvalue weighted by molar-refractivity contribution is -0.384. The monoisotopic (exact) mass is 358 g/mol. The molecule has 0 aromatic heterocycles. The average molecular weight is 359 g/mol. The van der Waals surface area contributed by atoms with Crippen molar-refractivity contribution in [3.05, 3.63) is 33.3 Å². The lowest BCUT2D eigenvalue weighted by Gasteiger charge is -2.16. The van der Waals surface area contributed by atoms with Crippen molar-refractivity contribution in [1.82, 2.24) is 10.2 Å². The molecule has 1 rings (SSSR count). The fourth-order valence-corrected chi connectivity index (χ4v) is 2.02. The van der Waals surface area contributed by atoms with E-state index in [2.05, 4.69) is 10.6 Å². The van der Waals surface area contributed by atoms with Crippen molar-refractivity contribution in [2.45, 2.75) is 12.5 Å². The van der Waals surface area contributed by atoms with Crippen molar-refractivity contribution in [1.29, 1.82) is 0 Å². The summed E-state index contributed by atoms with van der Waals surface area (Å²) in [4.78, 5) is 35.2. The molecule has 0 saturated carbocycles. The Kier molecular flexibility index (Phi) is 7.56. The predicted molar refractivity (Wildman–Crippen MR) is 89.3 cm³/mol. The Morgan fingerprint density at radius 3 is 2.62 bits per heavy atom. The number of anilines is 1. The molecule has 1 aromatic rings. The summed E-state index contributed by atoms with van der Waals surface area (Å²) >= 11 is 5.69. The van der Waals surface area contributed by atoms with Crippen LogP contribution in [0.15, 0.2) is 18.2 Å². The van der Waals surface area contributed by atoms with Gasteiger partial charge in [-0.05, 0) is 26.2 Å². The maximum atomic E-state index is 12.0. The smallest absolute Gasteiger partial charge is 0.321 e. The Bertz CT molecular complexity index is 623. The number of likely N-dealkylation sites (N-methyl/N-ethyl adjacent to an activating group) is 1. The summed E-state index contributed by atoms with van der Waals surface area (Å²) in [6, 6.07) is 2.77. The van der Waals surface area contributed by atoms with Crippen molar-refractivity contribution in [2.24, 2.45) is 0 Å². The third-order valence-electron chi connectivity index (χ3n) is 3.06. The molecule has 0 fully saturated rings. The van der Waals surface area contributed by atoms with Crippen LogP contribution in [0.5, 0.6) is 0 Å². The number of carbonyl (C=O) groups excluding carboxylic acids is 1. The summed E-state index contributed by atoms with van der Waals surface area (Å²) < 4.78 is 0. The Morgan fingerprint density at radius 2 is 2.08 bits per heavy atom. The molecule has 3 N–H and O–H groups in total. The molecule has 0 aliphatic carbocycles. The minimum absolute atomic E-state index is 0.0493. The van der Waals surface area contributed by atoms with Crippen LogP contribution in [0.2, 0.25) is 5.02 Å². The van der Waals surface area contributed by atoms with Gasteiger partial charge >= 0.3 is 5.97 Å². The molecule has 0 aliphatic heterocycles. The zero-order valence-electron chi connectivity index (χ0n) is 13.3. The number of carboxylic acid groups (broad SMARTS) is 1. The van der Waals surface area contributed by atoms with Crippen LogP contribution in [-0.4, -0.2) is 60.0 Å². The summed E-state index contributed by atoms with van der Waals surface area (Å²) in [5.41, 5.74) is -0.165. The summed E-state index contributed by atoms with van der Waals surface area (Å²) in [7, 11) is 3.69. The van der Waals surface area contributed by atoms with Gasteiger partial charge in [0.05, 0.1) is 11.3 Å². The van der Waals surface area contributed by atoms with Gasteiger partial charge in [0.15, 0.2) is 0 Å². The number of hydrogen-bond donors (Lipinski definition) is 3. The van der Waals surface area contributed by atoms with Crippen molar-refractivity contribution >= 4 is 34.9 Å². The maximum Gasteiger partial charge on any atom is 0.321 e.